The maximum absolute atomic E-state index is 14.3. The first-order valence-electron chi connectivity index (χ1n) is 13.7. The molecule has 5 rings (SSSR count). The number of rotatable bonds is 8. The van der Waals surface area contributed by atoms with Crippen LogP contribution in [0.3, 0.4) is 0 Å². The summed E-state index contributed by atoms with van der Waals surface area (Å²) in [5.41, 5.74) is 4.47. The van der Waals surface area contributed by atoms with Gasteiger partial charge in [-0.2, -0.15) is 5.26 Å². The molecule has 0 bridgehead atoms. The van der Waals surface area contributed by atoms with Gasteiger partial charge in [-0.15, -0.1) is 0 Å². The smallest absolute Gasteiger partial charge is 0.255 e. The standard InChI is InChI=1S/C30H29Cl2N5O5S/c1-43(40,41)36-25-11-4-5-12-26(25)37-28(23-14-13-18(31)15-24(23)32)27(21-9-2-3-10-22(21)30(37)39)29(38)35-42-17-20-8-6-7-19(16-33)34-20/h2-3,6-10,13-15,25-28,36H,4-5,11-12,17H2,1H3,(H,35,38)/t25-,26-,27+,28-/m0/s1. The first kappa shape index (κ1) is 30.9. The molecule has 2 N–H and O–H groups in total. The van der Waals surface area contributed by atoms with Gasteiger partial charge in [0.1, 0.15) is 18.4 Å². The number of pyridine rings is 1. The number of amides is 2. The van der Waals surface area contributed by atoms with Gasteiger partial charge in [-0.3, -0.25) is 14.4 Å². The van der Waals surface area contributed by atoms with E-state index in [4.69, 9.17) is 33.3 Å². The molecule has 2 heterocycles. The van der Waals surface area contributed by atoms with Crippen molar-refractivity contribution >= 4 is 45.0 Å². The number of benzene rings is 2. The van der Waals surface area contributed by atoms with Crippen LogP contribution in [0.25, 0.3) is 0 Å². The normalized spacial score (nSPS) is 22.0. The van der Waals surface area contributed by atoms with Crippen molar-refractivity contribution in [2.45, 2.75) is 56.3 Å². The molecule has 1 saturated carbocycles. The quantitative estimate of drug-likeness (QED) is 0.341. The predicted octanol–water partition coefficient (Wildman–Crippen LogP) is 4.65. The Hall–Kier alpha value is -3.53. The van der Waals surface area contributed by atoms with Gasteiger partial charge in [-0.05, 0) is 54.3 Å². The third-order valence-corrected chi connectivity index (χ3v) is 9.00. The predicted molar refractivity (Wildman–Crippen MR) is 160 cm³/mol. The summed E-state index contributed by atoms with van der Waals surface area (Å²) in [6.45, 7) is -0.104. The Morgan fingerprint density at radius 2 is 1.86 bits per heavy atom. The van der Waals surface area contributed by atoms with Crippen molar-refractivity contribution in [2.75, 3.05) is 6.26 Å². The van der Waals surface area contributed by atoms with Crippen LogP contribution in [0.5, 0.6) is 0 Å². The Balaban J connectivity index is 1.58. The molecule has 1 fully saturated rings. The van der Waals surface area contributed by atoms with Crippen LogP contribution in [-0.2, 0) is 26.3 Å². The number of hydroxylamine groups is 1. The highest BCUT2D eigenvalue weighted by molar-refractivity contribution is 7.88. The van der Waals surface area contributed by atoms with E-state index in [1.54, 1.807) is 65.6 Å². The van der Waals surface area contributed by atoms with Gasteiger partial charge < -0.3 is 4.90 Å². The molecule has 2 aromatic carbocycles. The lowest BCUT2D eigenvalue weighted by Gasteiger charge is -2.49. The van der Waals surface area contributed by atoms with Crippen LogP contribution in [0.4, 0.5) is 0 Å². The first-order valence-corrected chi connectivity index (χ1v) is 16.3. The van der Waals surface area contributed by atoms with Gasteiger partial charge >= 0.3 is 0 Å². The monoisotopic (exact) mass is 641 g/mol. The lowest BCUT2D eigenvalue weighted by molar-refractivity contribution is -0.138. The van der Waals surface area contributed by atoms with Crippen LogP contribution >= 0.6 is 23.2 Å². The fourth-order valence-electron chi connectivity index (χ4n) is 5.99. The second-order valence-corrected chi connectivity index (χ2v) is 13.2. The Morgan fingerprint density at radius 1 is 1.09 bits per heavy atom. The fourth-order valence-corrected chi connectivity index (χ4v) is 7.34. The minimum atomic E-state index is -3.60. The molecule has 0 spiro atoms. The molecule has 13 heteroatoms. The summed E-state index contributed by atoms with van der Waals surface area (Å²) in [4.78, 5) is 39.7. The number of hydrogen-bond donors (Lipinski definition) is 2. The topological polar surface area (TPSA) is 141 Å². The summed E-state index contributed by atoms with van der Waals surface area (Å²) in [6.07, 6.45) is 3.70. The van der Waals surface area contributed by atoms with E-state index in [1.165, 1.54) is 0 Å². The average Bonchev–Trinajstić information content (AvgIpc) is 2.97. The third kappa shape index (κ3) is 6.84. The molecule has 1 aliphatic heterocycles. The summed E-state index contributed by atoms with van der Waals surface area (Å²) < 4.78 is 27.4. The summed E-state index contributed by atoms with van der Waals surface area (Å²) in [6, 6.07) is 16.5. The highest BCUT2D eigenvalue weighted by atomic mass is 35.5. The van der Waals surface area contributed by atoms with Gasteiger partial charge in [0.25, 0.3) is 11.8 Å². The van der Waals surface area contributed by atoms with E-state index in [2.05, 4.69) is 15.2 Å². The zero-order valence-electron chi connectivity index (χ0n) is 23.2. The summed E-state index contributed by atoms with van der Waals surface area (Å²) in [7, 11) is -3.60. The van der Waals surface area contributed by atoms with Gasteiger partial charge in [0.15, 0.2) is 0 Å². The van der Waals surface area contributed by atoms with E-state index in [0.717, 1.165) is 19.1 Å². The van der Waals surface area contributed by atoms with Gasteiger partial charge in [0.05, 0.1) is 23.9 Å². The van der Waals surface area contributed by atoms with Crippen molar-refractivity contribution in [3.63, 3.8) is 0 Å². The number of fused-ring (bicyclic) bond motifs is 1. The Bertz CT molecular complexity index is 1700. The van der Waals surface area contributed by atoms with Crippen molar-refractivity contribution < 1.29 is 22.8 Å². The van der Waals surface area contributed by atoms with Gasteiger partial charge in [0.2, 0.25) is 10.0 Å². The number of nitrogens with one attached hydrogen (secondary N) is 2. The van der Waals surface area contributed by atoms with E-state index in [-0.39, 0.29) is 23.2 Å². The molecule has 2 amide bonds. The Labute approximate surface area is 260 Å². The van der Waals surface area contributed by atoms with Crippen molar-refractivity contribution in [3.8, 4) is 6.07 Å². The molecule has 1 aromatic heterocycles. The maximum atomic E-state index is 14.3. The molecule has 0 radical (unpaired) electrons. The fraction of sp³-hybridized carbons (Fsp3) is 0.333. The summed E-state index contributed by atoms with van der Waals surface area (Å²) >= 11 is 13.0. The van der Waals surface area contributed by atoms with Gasteiger partial charge in [0, 0.05) is 27.7 Å². The van der Waals surface area contributed by atoms with Crippen molar-refractivity contribution in [1.82, 2.24) is 20.1 Å². The number of carbonyl (C=O) groups is 2. The first-order chi connectivity index (χ1) is 20.6. The summed E-state index contributed by atoms with van der Waals surface area (Å²) in [5.74, 6) is -1.85. The highest BCUT2D eigenvalue weighted by Gasteiger charge is 2.49. The number of aromatic nitrogens is 1. The Morgan fingerprint density at radius 3 is 2.60 bits per heavy atom. The van der Waals surface area contributed by atoms with Gasteiger partial charge in [-0.25, -0.2) is 23.6 Å². The van der Waals surface area contributed by atoms with Crippen molar-refractivity contribution in [1.29, 1.82) is 5.26 Å². The van der Waals surface area contributed by atoms with Crippen LogP contribution in [0.2, 0.25) is 10.0 Å². The number of sulfonamides is 1. The van der Waals surface area contributed by atoms with E-state index in [0.29, 0.717) is 40.2 Å². The lowest BCUT2D eigenvalue weighted by atomic mass is 9.76. The second kappa shape index (κ2) is 13.0. The number of halogens is 2. The van der Waals surface area contributed by atoms with Crippen molar-refractivity contribution in [3.05, 3.63) is 98.8 Å². The van der Waals surface area contributed by atoms with E-state index in [9.17, 15) is 18.0 Å². The zero-order chi connectivity index (χ0) is 30.7. The molecule has 224 valence electrons. The SMILES string of the molecule is CS(=O)(=O)N[C@H]1CCCC[C@@H]1N1C(=O)c2ccccc2[C@@H](C(=O)NOCc2cccc(C#N)n2)[C@@H]1c1ccc(Cl)cc1Cl. The molecular formula is C30H29Cl2N5O5S. The molecular weight excluding hydrogens is 613 g/mol. The third-order valence-electron chi connectivity index (χ3n) is 7.71. The highest BCUT2D eigenvalue weighted by Crippen LogP contribution is 2.47. The number of nitrogens with zero attached hydrogens (tertiary/aromatic N) is 3. The van der Waals surface area contributed by atoms with Crippen LogP contribution in [0, 0.1) is 11.3 Å². The molecule has 2 aliphatic rings. The largest absolute Gasteiger partial charge is 0.326 e. The molecule has 4 atom stereocenters. The maximum Gasteiger partial charge on any atom is 0.255 e. The van der Waals surface area contributed by atoms with E-state index >= 15 is 0 Å². The van der Waals surface area contributed by atoms with Crippen LogP contribution in [-0.4, -0.2) is 48.5 Å². The Kier molecular flexibility index (Phi) is 9.34. The lowest BCUT2D eigenvalue weighted by Crippen LogP contribution is -2.59. The summed E-state index contributed by atoms with van der Waals surface area (Å²) in [5, 5.41) is 9.78. The van der Waals surface area contributed by atoms with E-state index in [1.807, 2.05) is 6.07 Å². The van der Waals surface area contributed by atoms with Crippen molar-refractivity contribution in [2.24, 2.45) is 0 Å². The molecule has 1 aliphatic carbocycles. The second-order valence-electron chi connectivity index (χ2n) is 10.6. The minimum absolute atomic E-state index is 0.104. The van der Waals surface area contributed by atoms with E-state index < -0.39 is 40.0 Å². The number of nitriles is 1. The molecule has 0 unspecified atom stereocenters. The number of carbonyl (C=O) groups excluding carboxylic acids is 2. The molecule has 3 aromatic rings. The van der Waals surface area contributed by atoms with Crippen LogP contribution < -0.4 is 10.2 Å². The minimum Gasteiger partial charge on any atom is -0.326 e. The molecule has 10 nitrogen and oxygen atoms in total. The van der Waals surface area contributed by atoms with Gasteiger partial charge in [-0.1, -0.05) is 66.4 Å². The average molecular weight is 643 g/mol. The van der Waals surface area contributed by atoms with Crippen LogP contribution in [0.15, 0.2) is 60.7 Å². The zero-order valence-corrected chi connectivity index (χ0v) is 25.5. The number of hydrogen-bond acceptors (Lipinski definition) is 7. The molecule has 43 heavy (non-hydrogen) atoms. The van der Waals surface area contributed by atoms with Crippen LogP contribution in [0.1, 0.15) is 70.5 Å². The molecule has 0 saturated heterocycles.